The number of nitrogens with one attached hydrogen (secondary N) is 1. The summed E-state index contributed by atoms with van der Waals surface area (Å²) in [5, 5.41) is 11.0. The molecule has 0 spiro atoms. The number of carbonyl (C=O) groups excluding carboxylic acids is 2. The Morgan fingerprint density at radius 2 is 1.84 bits per heavy atom. The summed E-state index contributed by atoms with van der Waals surface area (Å²) in [5.74, 6) is 0.687. The lowest BCUT2D eigenvalue weighted by Gasteiger charge is -2.25. The topological polar surface area (TPSA) is 80.1 Å². The van der Waals surface area contributed by atoms with E-state index in [1.54, 1.807) is 6.07 Å². The minimum absolute atomic E-state index is 0.0485. The Balaban J connectivity index is 1.32. The van der Waals surface area contributed by atoms with Crippen LogP contribution in [0.2, 0.25) is 0 Å². The fourth-order valence-electron chi connectivity index (χ4n) is 4.59. The molecule has 5 rings (SSSR count). The van der Waals surface area contributed by atoms with Crippen LogP contribution < -0.4 is 5.32 Å². The molecule has 2 aliphatic heterocycles. The first-order valence-corrected chi connectivity index (χ1v) is 10.3. The lowest BCUT2D eigenvalue weighted by Crippen LogP contribution is -2.31. The van der Waals surface area contributed by atoms with Crippen molar-refractivity contribution in [2.24, 2.45) is 11.8 Å². The van der Waals surface area contributed by atoms with Crippen LogP contribution in [0.25, 0.3) is 0 Å². The smallest absolute Gasteiger partial charge is 0.293 e. The molecule has 3 heterocycles. The van der Waals surface area contributed by atoms with Gasteiger partial charge in [-0.1, -0.05) is 24.3 Å². The maximum absolute atomic E-state index is 13.4. The van der Waals surface area contributed by atoms with Gasteiger partial charge in [0.05, 0.1) is 0 Å². The van der Waals surface area contributed by atoms with Crippen LogP contribution in [0.15, 0.2) is 48.5 Å². The number of aromatic nitrogens is 3. The molecule has 0 radical (unpaired) electrons. The predicted octanol–water partition coefficient (Wildman–Crippen LogP) is 2.92. The van der Waals surface area contributed by atoms with Gasteiger partial charge in [-0.05, 0) is 48.6 Å². The molecule has 2 amide bonds. The lowest BCUT2D eigenvalue weighted by molar-refractivity contribution is 0.0782. The van der Waals surface area contributed by atoms with Gasteiger partial charge in [0.25, 0.3) is 11.8 Å². The molecule has 1 N–H and O–H groups in total. The second-order valence-electron chi connectivity index (χ2n) is 8.26. The molecule has 158 valence electrons. The van der Waals surface area contributed by atoms with Gasteiger partial charge >= 0.3 is 0 Å². The summed E-state index contributed by atoms with van der Waals surface area (Å²) in [6.45, 7) is 3.84. The van der Waals surface area contributed by atoms with Gasteiger partial charge < -0.3 is 14.8 Å². The number of benzene rings is 2. The zero-order chi connectivity index (χ0) is 21.5. The summed E-state index contributed by atoms with van der Waals surface area (Å²) in [4.78, 5) is 27.7. The van der Waals surface area contributed by atoms with Gasteiger partial charge in [0, 0.05) is 37.3 Å². The Morgan fingerprint density at radius 1 is 1.03 bits per heavy atom. The molecular weight excluding hydrogens is 397 g/mol. The van der Waals surface area contributed by atoms with Crippen molar-refractivity contribution in [2.45, 2.75) is 19.9 Å². The molecule has 1 fully saturated rings. The number of rotatable bonds is 3. The van der Waals surface area contributed by atoms with Crippen LogP contribution in [-0.4, -0.2) is 44.6 Å². The average molecular weight is 419 g/mol. The summed E-state index contributed by atoms with van der Waals surface area (Å²) in [6.07, 6.45) is 0.669. The molecule has 1 saturated heterocycles. The van der Waals surface area contributed by atoms with Gasteiger partial charge in [0.15, 0.2) is 0 Å². The molecule has 31 heavy (non-hydrogen) atoms. The molecule has 0 unspecified atom stereocenters. The van der Waals surface area contributed by atoms with E-state index in [0.717, 1.165) is 17.0 Å². The maximum atomic E-state index is 13.4. The Morgan fingerprint density at radius 3 is 2.65 bits per heavy atom. The predicted molar refractivity (Wildman–Crippen MR) is 112 cm³/mol. The Labute approximate surface area is 178 Å². The summed E-state index contributed by atoms with van der Waals surface area (Å²) in [7, 11) is 0. The van der Waals surface area contributed by atoms with Crippen LogP contribution in [0.4, 0.5) is 10.1 Å². The first-order chi connectivity index (χ1) is 15.0. The summed E-state index contributed by atoms with van der Waals surface area (Å²) >= 11 is 0. The lowest BCUT2D eigenvalue weighted by atomic mass is 9.89. The molecule has 0 saturated carbocycles. The number of aryl methyl sites for hydroxylation is 1. The molecule has 2 atom stereocenters. The third-order valence-electron chi connectivity index (χ3n) is 6.21. The van der Waals surface area contributed by atoms with Crippen molar-refractivity contribution in [1.82, 2.24) is 19.7 Å². The molecule has 1 aromatic heterocycles. The number of anilines is 1. The molecule has 3 aromatic rings. The van der Waals surface area contributed by atoms with Crippen molar-refractivity contribution in [2.75, 3.05) is 18.4 Å². The minimum atomic E-state index is -0.423. The van der Waals surface area contributed by atoms with Crippen LogP contribution in [0.3, 0.4) is 0 Å². The SMILES string of the molecule is Cc1ccccc1C(=O)N1C[C@H]2Cc3nnc(C(=O)Nc4cccc(F)c4)n3C[C@@H]2C1. The number of halogens is 1. The highest BCUT2D eigenvalue weighted by Crippen LogP contribution is 2.33. The van der Waals surface area contributed by atoms with Crippen molar-refractivity contribution in [3.8, 4) is 0 Å². The van der Waals surface area contributed by atoms with Gasteiger partial charge in [-0.25, -0.2) is 4.39 Å². The summed E-state index contributed by atoms with van der Waals surface area (Å²) < 4.78 is 15.2. The van der Waals surface area contributed by atoms with E-state index >= 15 is 0 Å². The van der Waals surface area contributed by atoms with E-state index < -0.39 is 11.7 Å². The van der Waals surface area contributed by atoms with E-state index in [-0.39, 0.29) is 17.6 Å². The van der Waals surface area contributed by atoms with Crippen LogP contribution in [0.5, 0.6) is 0 Å². The largest absolute Gasteiger partial charge is 0.338 e. The summed E-state index contributed by atoms with van der Waals surface area (Å²) in [6, 6.07) is 13.4. The highest BCUT2D eigenvalue weighted by molar-refractivity contribution is 6.01. The number of hydrogen-bond acceptors (Lipinski definition) is 4. The number of amides is 2. The van der Waals surface area contributed by atoms with Gasteiger partial charge in [0.1, 0.15) is 11.6 Å². The molecule has 8 heteroatoms. The van der Waals surface area contributed by atoms with Crippen LogP contribution in [0, 0.1) is 24.6 Å². The van der Waals surface area contributed by atoms with Crippen molar-refractivity contribution in [1.29, 1.82) is 0 Å². The first kappa shape index (κ1) is 19.4. The van der Waals surface area contributed by atoms with E-state index in [0.29, 0.717) is 37.7 Å². The Kier molecular flexibility index (Phi) is 4.77. The van der Waals surface area contributed by atoms with Gasteiger partial charge in [-0.3, -0.25) is 9.59 Å². The Hall–Kier alpha value is -3.55. The standard InChI is InChI=1S/C23H22FN5O2/c1-14-5-2-3-8-19(14)23(31)28-11-15-9-20-26-27-21(29(20)13-16(15)12-28)22(30)25-18-7-4-6-17(24)10-18/h2-8,10,15-16H,9,11-13H2,1H3,(H,25,30)/t15-,16+/m1/s1. The second kappa shape index (κ2) is 7.61. The molecular formula is C23H22FN5O2. The molecule has 7 nitrogen and oxygen atoms in total. The molecule has 0 aliphatic carbocycles. The fraction of sp³-hybridized carbons (Fsp3) is 0.304. The molecule has 0 bridgehead atoms. The van der Waals surface area contributed by atoms with Crippen LogP contribution >= 0.6 is 0 Å². The third kappa shape index (κ3) is 3.58. The zero-order valence-corrected chi connectivity index (χ0v) is 17.1. The van der Waals surface area contributed by atoms with Gasteiger partial charge in [-0.2, -0.15) is 0 Å². The Bertz CT molecular complexity index is 1170. The quantitative estimate of drug-likeness (QED) is 0.708. The van der Waals surface area contributed by atoms with E-state index in [2.05, 4.69) is 15.5 Å². The third-order valence-corrected chi connectivity index (χ3v) is 6.21. The fourth-order valence-corrected chi connectivity index (χ4v) is 4.59. The average Bonchev–Trinajstić information content (AvgIpc) is 3.35. The van der Waals surface area contributed by atoms with E-state index in [4.69, 9.17) is 0 Å². The van der Waals surface area contributed by atoms with Gasteiger partial charge in [-0.15, -0.1) is 10.2 Å². The number of carbonyl (C=O) groups is 2. The van der Waals surface area contributed by atoms with Crippen molar-refractivity contribution >= 4 is 17.5 Å². The monoisotopic (exact) mass is 419 g/mol. The number of fused-ring (bicyclic) bond motifs is 2. The zero-order valence-electron chi connectivity index (χ0n) is 17.1. The minimum Gasteiger partial charge on any atom is -0.338 e. The molecule has 2 aliphatic rings. The normalized spacial score (nSPS) is 19.6. The highest BCUT2D eigenvalue weighted by Gasteiger charge is 2.41. The van der Waals surface area contributed by atoms with E-state index in [1.165, 1.54) is 18.2 Å². The highest BCUT2D eigenvalue weighted by atomic mass is 19.1. The van der Waals surface area contributed by atoms with Crippen molar-refractivity contribution in [3.05, 3.63) is 77.1 Å². The number of nitrogens with zero attached hydrogens (tertiary/aromatic N) is 4. The van der Waals surface area contributed by atoms with Crippen molar-refractivity contribution < 1.29 is 14.0 Å². The first-order valence-electron chi connectivity index (χ1n) is 10.3. The summed E-state index contributed by atoms with van der Waals surface area (Å²) in [5.41, 5.74) is 2.07. The van der Waals surface area contributed by atoms with Gasteiger partial charge in [0.2, 0.25) is 5.82 Å². The van der Waals surface area contributed by atoms with Crippen LogP contribution in [-0.2, 0) is 13.0 Å². The number of likely N-dealkylation sites (tertiary alicyclic amines) is 1. The van der Waals surface area contributed by atoms with E-state index in [9.17, 15) is 14.0 Å². The van der Waals surface area contributed by atoms with Crippen molar-refractivity contribution in [3.63, 3.8) is 0 Å². The van der Waals surface area contributed by atoms with E-state index in [1.807, 2.05) is 40.7 Å². The van der Waals surface area contributed by atoms with Crippen LogP contribution in [0.1, 0.15) is 32.4 Å². The molecule has 2 aromatic carbocycles. The number of hydrogen-bond donors (Lipinski definition) is 1. The maximum Gasteiger partial charge on any atom is 0.293 e. The second-order valence-corrected chi connectivity index (χ2v) is 8.26.